The lowest BCUT2D eigenvalue weighted by Gasteiger charge is -2.37. The molecule has 10 heteroatoms. The summed E-state index contributed by atoms with van der Waals surface area (Å²) in [5.41, 5.74) is 0.278. The van der Waals surface area contributed by atoms with Crippen LogP contribution in [0.3, 0.4) is 0 Å². The monoisotopic (exact) mass is 405 g/mol. The lowest BCUT2D eigenvalue weighted by molar-refractivity contribution is 0.0665. The van der Waals surface area contributed by atoms with Gasteiger partial charge in [-0.3, -0.25) is 4.79 Å². The summed E-state index contributed by atoms with van der Waals surface area (Å²) in [4.78, 5) is 22.2. The minimum absolute atomic E-state index is 0.0805. The second-order valence-electron chi connectivity index (χ2n) is 7.17. The number of phenolic OH excluding ortho intramolecular Hbond substituents is 1. The number of carbonyl (C=O) groups is 1. The van der Waals surface area contributed by atoms with E-state index in [1.807, 2.05) is 6.92 Å². The fraction of sp³-hybridized carbons (Fsp3) is 0.368. The van der Waals surface area contributed by atoms with Gasteiger partial charge in [0.15, 0.2) is 11.6 Å². The Hall–Kier alpha value is -3.17. The first kappa shape index (κ1) is 19.2. The van der Waals surface area contributed by atoms with Gasteiger partial charge in [-0.2, -0.15) is 10.1 Å². The van der Waals surface area contributed by atoms with Crippen LogP contribution in [0.2, 0.25) is 0 Å². The molecular weight excluding hydrogens is 387 g/mol. The molecule has 29 heavy (non-hydrogen) atoms. The summed E-state index contributed by atoms with van der Waals surface area (Å²) in [6.45, 7) is 2.71. The predicted octanol–water partition coefficient (Wildman–Crippen LogP) is 3.17. The van der Waals surface area contributed by atoms with Crippen molar-refractivity contribution in [2.45, 2.75) is 25.7 Å². The van der Waals surface area contributed by atoms with Crippen molar-refractivity contribution in [2.75, 3.05) is 13.1 Å². The molecule has 4 rings (SSSR count). The predicted molar refractivity (Wildman–Crippen MR) is 96.2 cm³/mol. The van der Waals surface area contributed by atoms with E-state index in [1.165, 1.54) is 23.0 Å². The average Bonchev–Trinajstić information content (AvgIpc) is 3.18. The minimum atomic E-state index is -2.76. The summed E-state index contributed by atoms with van der Waals surface area (Å²) in [5, 5.41) is 13.7. The number of alkyl halides is 2. The molecule has 1 aliphatic rings. The van der Waals surface area contributed by atoms with Crippen LogP contribution in [0.1, 0.15) is 47.4 Å². The molecule has 0 saturated carbocycles. The van der Waals surface area contributed by atoms with Crippen molar-refractivity contribution < 1.29 is 23.1 Å². The van der Waals surface area contributed by atoms with Crippen molar-refractivity contribution in [2.24, 2.45) is 5.92 Å². The second-order valence-corrected chi connectivity index (χ2v) is 7.17. The number of rotatable bonds is 3. The molecule has 1 aromatic carbocycles. The zero-order valence-corrected chi connectivity index (χ0v) is 15.5. The molecule has 0 spiro atoms. The maximum atomic E-state index is 13.3. The van der Waals surface area contributed by atoms with E-state index < -0.39 is 18.0 Å². The van der Waals surface area contributed by atoms with Crippen molar-refractivity contribution in [1.82, 2.24) is 24.5 Å². The van der Waals surface area contributed by atoms with E-state index in [9.17, 15) is 23.1 Å². The largest absolute Gasteiger partial charge is 0.505 e. The summed E-state index contributed by atoms with van der Waals surface area (Å²) in [7, 11) is 0. The number of hydrogen-bond donors (Lipinski definition) is 1. The Balaban J connectivity index is 1.68. The first-order valence-electron chi connectivity index (χ1n) is 9.11. The molecule has 0 radical (unpaired) electrons. The number of fused-ring (bicyclic) bond motifs is 1. The Morgan fingerprint density at radius 2 is 2.10 bits per heavy atom. The number of carbonyl (C=O) groups excluding carboxylic acids is 1. The van der Waals surface area contributed by atoms with Crippen molar-refractivity contribution in [3.8, 4) is 5.75 Å². The van der Waals surface area contributed by atoms with Crippen LogP contribution in [-0.2, 0) is 0 Å². The van der Waals surface area contributed by atoms with Gasteiger partial charge < -0.3 is 10.0 Å². The Labute approximate surface area is 163 Å². The first-order chi connectivity index (χ1) is 13.8. The van der Waals surface area contributed by atoms with E-state index in [0.29, 0.717) is 18.7 Å². The number of amides is 1. The zero-order chi connectivity index (χ0) is 20.7. The van der Waals surface area contributed by atoms with E-state index in [0.717, 1.165) is 12.1 Å². The van der Waals surface area contributed by atoms with Crippen molar-refractivity contribution in [3.63, 3.8) is 0 Å². The van der Waals surface area contributed by atoms with E-state index in [4.69, 9.17) is 0 Å². The first-order valence-corrected chi connectivity index (χ1v) is 9.11. The van der Waals surface area contributed by atoms with Crippen LogP contribution in [0.25, 0.3) is 5.78 Å². The second kappa shape index (κ2) is 7.34. The van der Waals surface area contributed by atoms with Crippen LogP contribution in [0.15, 0.2) is 30.6 Å². The fourth-order valence-electron chi connectivity index (χ4n) is 3.70. The molecule has 1 saturated heterocycles. The molecule has 0 unspecified atom stereocenters. The summed E-state index contributed by atoms with van der Waals surface area (Å²) in [5.74, 6) is -1.87. The minimum Gasteiger partial charge on any atom is -0.505 e. The smallest absolute Gasteiger partial charge is 0.280 e. The molecule has 1 fully saturated rings. The van der Waals surface area contributed by atoms with Crippen molar-refractivity contribution in [1.29, 1.82) is 0 Å². The zero-order valence-electron chi connectivity index (χ0n) is 15.5. The number of piperidine rings is 1. The molecule has 1 amide bonds. The highest BCUT2D eigenvalue weighted by atomic mass is 19.3. The number of halogens is 3. The summed E-state index contributed by atoms with van der Waals surface area (Å²) in [6.07, 6.45) is -0.862. The molecule has 3 aromatic rings. The quantitative estimate of drug-likeness (QED) is 0.724. The van der Waals surface area contributed by atoms with Gasteiger partial charge in [0.05, 0.1) is 5.69 Å². The number of likely N-dealkylation sites (tertiary alicyclic amines) is 1. The highest BCUT2D eigenvalue weighted by molar-refractivity contribution is 5.94. The summed E-state index contributed by atoms with van der Waals surface area (Å²) >= 11 is 0. The van der Waals surface area contributed by atoms with E-state index in [1.54, 1.807) is 4.90 Å². The van der Waals surface area contributed by atoms with Crippen molar-refractivity contribution >= 4 is 11.7 Å². The Morgan fingerprint density at radius 3 is 2.83 bits per heavy atom. The number of aromatic hydroxyl groups is 1. The normalized spacial score (nSPS) is 19.8. The fourth-order valence-corrected chi connectivity index (χ4v) is 3.70. The molecule has 3 heterocycles. The van der Waals surface area contributed by atoms with Crippen LogP contribution in [0.4, 0.5) is 13.2 Å². The number of nitrogens with zero attached hydrogens (tertiary/aromatic N) is 5. The maximum absolute atomic E-state index is 13.3. The number of benzene rings is 1. The number of aromatic nitrogens is 4. The van der Waals surface area contributed by atoms with Crippen LogP contribution >= 0.6 is 0 Å². The van der Waals surface area contributed by atoms with Gasteiger partial charge in [-0.15, -0.1) is 0 Å². The third-order valence-electron chi connectivity index (χ3n) is 5.34. The molecule has 2 aromatic heterocycles. The van der Waals surface area contributed by atoms with Crippen LogP contribution in [0, 0.1) is 11.7 Å². The molecule has 1 aliphatic heterocycles. The Kier molecular flexibility index (Phi) is 4.85. The summed E-state index contributed by atoms with van der Waals surface area (Å²) < 4.78 is 41.3. The standard InChI is InChI=1S/C19H18F3N5O2/c1-10-4-5-26(18(29)11-2-3-13(20)16(28)6-11)8-12(10)15-7-14(17(21)22)25-19-23-9-24-27(15)19/h2-3,6-7,9-10,12,17,28H,4-5,8H2,1H3/t10-,12-/m1/s1. The van der Waals surface area contributed by atoms with Gasteiger partial charge in [0.1, 0.15) is 12.0 Å². The highest BCUT2D eigenvalue weighted by Crippen LogP contribution is 2.34. The summed E-state index contributed by atoms with van der Waals surface area (Å²) in [6, 6.07) is 4.73. The van der Waals surface area contributed by atoms with Gasteiger partial charge in [-0.05, 0) is 36.6 Å². The van der Waals surface area contributed by atoms with E-state index in [-0.39, 0.29) is 41.3 Å². The topological polar surface area (TPSA) is 83.6 Å². The van der Waals surface area contributed by atoms with Gasteiger partial charge in [-0.25, -0.2) is 22.7 Å². The molecular formula is C19H18F3N5O2. The molecule has 0 aliphatic carbocycles. The maximum Gasteiger partial charge on any atom is 0.280 e. The lowest BCUT2D eigenvalue weighted by atomic mass is 9.84. The Morgan fingerprint density at radius 1 is 1.31 bits per heavy atom. The SMILES string of the molecule is C[C@@H]1CCN(C(=O)c2ccc(F)c(O)c2)C[C@H]1c1cc(C(F)F)nc2ncnn12. The third-order valence-corrected chi connectivity index (χ3v) is 5.34. The van der Waals surface area contributed by atoms with Gasteiger partial charge >= 0.3 is 0 Å². The third kappa shape index (κ3) is 3.50. The van der Waals surface area contributed by atoms with Crippen LogP contribution in [-0.4, -0.2) is 48.6 Å². The van der Waals surface area contributed by atoms with Gasteiger partial charge in [0.2, 0.25) is 0 Å². The van der Waals surface area contributed by atoms with Gasteiger partial charge in [0.25, 0.3) is 18.1 Å². The average molecular weight is 405 g/mol. The molecule has 152 valence electrons. The highest BCUT2D eigenvalue weighted by Gasteiger charge is 2.33. The number of hydrogen-bond acceptors (Lipinski definition) is 5. The van der Waals surface area contributed by atoms with E-state index >= 15 is 0 Å². The van der Waals surface area contributed by atoms with Gasteiger partial charge in [0, 0.05) is 24.6 Å². The van der Waals surface area contributed by atoms with Crippen molar-refractivity contribution in [3.05, 3.63) is 53.4 Å². The molecule has 2 atom stereocenters. The van der Waals surface area contributed by atoms with Crippen LogP contribution < -0.4 is 0 Å². The number of phenols is 1. The van der Waals surface area contributed by atoms with Crippen LogP contribution in [0.5, 0.6) is 5.75 Å². The van der Waals surface area contributed by atoms with E-state index in [2.05, 4.69) is 15.1 Å². The molecule has 1 N–H and O–H groups in total. The Bertz CT molecular complexity index is 1070. The molecule has 7 nitrogen and oxygen atoms in total. The lowest BCUT2D eigenvalue weighted by Crippen LogP contribution is -2.42. The molecule has 0 bridgehead atoms. The van der Waals surface area contributed by atoms with Gasteiger partial charge in [-0.1, -0.05) is 6.92 Å².